The molecule has 7 nitrogen and oxygen atoms in total. The van der Waals surface area contributed by atoms with Crippen LogP contribution in [0, 0.1) is 0 Å². The Morgan fingerprint density at radius 3 is 2.95 bits per heavy atom. The summed E-state index contributed by atoms with van der Waals surface area (Å²) in [6, 6.07) is 0. The minimum absolute atomic E-state index is 0.0456. The summed E-state index contributed by atoms with van der Waals surface area (Å²) in [5, 5.41) is 8.87. The Balaban J connectivity index is 1.79. The number of carbonyl (C=O) groups is 1. The van der Waals surface area contributed by atoms with Gasteiger partial charge in [-0.3, -0.25) is 0 Å². The number of rotatable bonds is 2. The number of aromatic nitrogens is 2. The normalized spacial score (nSPS) is 29.6. The number of anilines is 1. The van der Waals surface area contributed by atoms with Crippen LogP contribution in [0.25, 0.3) is 0 Å². The fourth-order valence-corrected chi connectivity index (χ4v) is 3.04. The molecule has 0 aliphatic carbocycles. The molecule has 7 heteroatoms. The molecule has 1 spiro atoms. The maximum Gasteiger partial charge on any atom is 0.356 e. The molecule has 0 radical (unpaired) electrons. The molecule has 21 heavy (non-hydrogen) atoms. The van der Waals surface area contributed by atoms with Gasteiger partial charge in [0.1, 0.15) is 11.4 Å². The minimum Gasteiger partial charge on any atom is -0.476 e. The first-order valence-electron chi connectivity index (χ1n) is 7.14. The second kappa shape index (κ2) is 5.57. The Morgan fingerprint density at radius 1 is 1.48 bits per heavy atom. The van der Waals surface area contributed by atoms with Gasteiger partial charge in [0.25, 0.3) is 0 Å². The van der Waals surface area contributed by atoms with Crippen molar-refractivity contribution in [1.29, 1.82) is 0 Å². The molecule has 2 aliphatic heterocycles. The van der Waals surface area contributed by atoms with Crippen LogP contribution in [0.3, 0.4) is 0 Å². The van der Waals surface area contributed by atoms with E-state index in [9.17, 15) is 4.79 Å². The van der Waals surface area contributed by atoms with Gasteiger partial charge in [0.05, 0.1) is 31.6 Å². The molecule has 0 bridgehead atoms. The standard InChI is InChI=1S/C14H19N3O4/c1-10-7-17(8-14(21-10)3-2-4-20-9-14)12-6-15-11(5-16-12)13(18)19/h5-6,10H,2-4,7-9H2,1H3,(H,18,19). The Labute approximate surface area is 122 Å². The second-order valence-corrected chi connectivity index (χ2v) is 5.71. The number of morpholine rings is 1. The van der Waals surface area contributed by atoms with Crippen molar-refractivity contribution in [3.63, 3.8) is 0 Å². The maximum absolute atomic E-state index is 10.8. The lowest BCUT2D eigenvalue weighted by atomic mass is 9.93. The fraction of sp³-hybridized carbons (Fsp3) is 0.643. The van der Waals surface area contributed by atoms with E-state index in [1.165, 1.54) is 12.4 Å². The summed E-state index contributed by atoms with van der Waals surface area (Å²) in [5.41, 5.74) is -0.334. The summed E-state index contributed by atoms with van der Waals surface area (Å²) in [5.74, 6) is -0.387. The summed E-state index contributed by atoms with van der Waals surface area (Å²) in [7, 11) is 0. The molecule has 3 heterocycles. The number of hydrogen-bond donors (Lipinski definition) is 1. The molecule has 2 fully saturated rings. The third-order valence-corrected chi connectivity index (χ3v) is 3.88. The molecule has 0 saturated carbocycles. The third kappa shape index (κ3) is 2.98. The largest absolute Gasteiger partial charge is 0.476 e. The van der Waals surface area contributed by atoms with Crippen molar-refractivity contribution in [2.24, 2.45) is 0 Å². The molecule has 3 rings (SSSR count). The van der Waals surface area contributed by atoms with Crippen LogP contribution in [0.15, 0.2) is 12.4 Å². The van der Waals surface area contributed by atoms with Crippen LogP contribution in [-0.4, -0.2) is 59.1 Å². The zero-order valence-corrected chi connectivity index (χ0v) is 12.0. The highest BCUT2D eigenvalue weighted by molar-refractivity contribution is 5.84. The summed E-state index contributed by atoms with van der Waals surface area (Å²) in [6.45, 7) is 4.81. The van der Waals surface area contributed by atoms with Gasteiger partial charge in [0.15, 0.2) is 5.69 Å². The fourth-order valence-electron chi connectivity index (χ4n) is 3.04. The van der Waals surface area contributed by atoms with E-state index < -0.39 is 5.97 Å². The average Bonchev–Trinajstić information content (AvgIpc) is 2.47. The Bertz CT molecular complexity index is 513. The van der Waals surface area contributed by atoms with Crippen LogP contribution in [0.4, 0.5) is 5.82 Å². The number of aromatic carboxylic acids is 1. The van der Waals surface area contributed by atoms with Crippen molar-refractivity contribution in [2.75, 3.05) is 31.2 Å². The Morgan fingerprint density at radius 2 is 2.33 bits per heavy atom. The van der Waals surface area contributed by atoms with Crippen molar-refractivity contribution >= 4 is 11.8 Å². The molecular formula is C14H19N3O4. The van der Waals surface area contributed by atoms with Crippen molar-refractivity contribution in [3.8, 4) is 0 Å². The van der Waals surface area contributed by atoms with Gasteiger partial charge in [-0.2, -0.15) is 0 Å². The number of hydrogen-bond acceptors (Lipinski definition) is 6. The molecule has 2 aliphatic rings. The van der Waals surface area contributed by atoms with E-state index in [0.717, 1.165) is 19.4 Å². The van der Waals surface area contributed by atoms with Gasteiger partial charge < -0.3 is 19.5 Å². The zero-order valence-electron chi connectivity index (χ0n) is 12.0. The molecule has 1 aromatic heterocycles. The lowest BCUT2D eigenvalue weighted by molar-refractivity contribution is -0.160. The SMILES string of the molecule is CC1CN(c2cnc(C(=O)O)cn2)CC2(CCCOC2)O1. The smallest absolute Gasteiger partial charge is 0.356 e. The van der Waals surface area contributed by atoms with Crippen molar-refractivity contribution in [1.82, 2.24) is 9.97 Å². The predicted molar refractivity (Wildman–Crippen MR) is 74.5 cm³/mol. The number of carboxylic acid groups (broad SMARTS) is 1. The lowest BCUT2D eigenvalue weighted by Gasteiger charge is -2.47. The molecule has 2 unspecified atom stereocenters. The predicted octanol–water partition coefficient (Wildman–Crippen LogP) is 0.949. The van der Waals surface area contributed by atoms with Gasteiger partial charge in [-0.15, -0.1) is 0 Å². The van der Waals surface area contributed by atoms with E-state index in [0.29, 0.717) is 25.5 Å². The topological polar surface area (TPSA) is 84.8 Å². The first-order valence-corrected chi connectivity index (χ1v) is 7.14. The highest BCUT2D eigenvalue weighted by atomic mass is 16.6. The number of nitrogens with zero attached hydrogens (tertiary/aromatic N) is 3. The minimum atomic E-state index is -1.07. The monoisotopic (exact) mass is 293 g/mol. The zero-order chi connectivity index (χ0) is 14.9. The van der Waals surface area contributed by atoms with Crippen LogP contribution in [0.5, 0.6) is 0 Å². The number of carboxylic acids is 1. The molecular weight excluding hydrogens is 274 g/mol. The van der Waals surface area contributed by atoms with E-state index in [1.807, 2.05) is 6.92 Å². The van der Waals surface area contributed by atoms with Gasteiger partial charge >= 0.3 is 5.97 Å². The first-order chi connectivity index (χ1) is 10.1. The van der Waals surface area contributed by atoms with Crippen LogP contribution >= 0.6 is 0 Å². The quantitative estimate of drug-likeness (QED) is 0.868. The molecule has 1 N–H and O–H groups in total. The van der Waals surface area contributed by atoms with E-state index in [4.69, 9.17) is 14.6 Å². The maximum atomic E-state index is 10.8. The van der Waals surface area contributed by atoms with Gasteiger partial charge in [-0.05, 0) is 19.8 Å². The van der Waals surface area contributed by atoms with Gasteiger partial charge in [0, 0.05) is 13.2 Å². The molecule has 2 atom stereocenters. The van der Waals surface area contributed by atoms with E-state index in [2.05, 4.69) is 14.9 Å². The third-order valence-electron chi connectivity index (χ3n) is 3.88. The first kappa shape index (κ1) is 14.2. The van der Waals surface area contributed by atoms with E-state index in [-0.39, 0.29) is 17.4 Å². The van der Waals surface area contributed by atoms with Gasteiger partial charge in [-0.1, -0.05) is 0 Å². The van der Waals surface area contributed by atoms with Crippen LogP contribution in [-0.2, 0) is 9.47 Å². The lowest BCUT2D eigenvalue weighted by Crippen LogP contribution is -2.58. The van der Waals surface area contributed by atoms with E-state index in [1.54, 1.807) is 0 Å². The molecule has 0 aromatic carbocycles. The van der Waals surface area contributed by atoms with Crippen molar-refractivity contribution in [2.45, 2.75) is 31.5 Å². The Kier molecular flexibility index (Phi) is 3.77. The van der Waals surface area contributed by atoms with Crippen LogP contribution in [0.2, 0.25) is 0 Å². The van der Waals surface area contributed by atoms with Crippen molar-refractivity contribution in [3.05, 3.63) is 18.1 Å². The number of ether oxygens (including phenoxy) is 2. The van der Waals surface area contributed by atoms with Gasteiger partial charge in [-0.25, -0.2) is 14.8 Å². The second-order valence-electron chi connectivity index (χ2n) is 5.71. The van der Waals surface area contributed by atoms with Gasteiger partial charge in [0.2, 0.25) is 0 Å². The molecule has 2 saturated heterocycles. The molecule has 1 aromatic rings. The Hall–Kier alpha value is -1.73. The summed E-state index contributed by atoms with van der Waals surface area (Å²) in [6.07, 6.45) is 4.83. The van der Waals surface area contributed by atoms with Crippen LogP contribution < -0.4 is 4.90 Å². The molecule has 114 valence electrons. The highest BCUT2D eigenvalue weighted by Crippen LogP contribution is 2.31. The average molecular weight is 293 g/mol. The summed E-state index contributed by atoms with van der Waals surface area (Å²) in [4.78, 5) is 21.1. The summed E-state index contributed by atoms with van der Waals surface area (Å²) < 4.78 is 11.7. The summed E-state index contributed by atoms with van der Waals surface area (Å²) >= 11 is 0. The molecule has 0 amide bonds. The highest BCUT2D eigenvalue weighted by Gasteiger charge is 2.41. The van der Waals surface area contributed by atoms with E-state index >= 15 is 0 Å². The van der Waals surface area contributed by atoms with Crippen molar-refractivity contribution < 1.29 is 19.4 Å². The van der Waals surface area contributed by atoms with Crippen LogP contribution in [0.1, 0.15) is 30.3 Å².